The van der Waals surface area contributed by atoms with E-state index < -0.39 is 0 Å². The van der Waals surface area contributed by atoms with Gasteiger partial charge in [-0.1, -0.05) is 39.0 Å². The summed E-state index contributed by atoms with van der Waals surface area (Å²) in [5, 5.41) is 60.9. The van der Waals surface area contributed by atoms with Gasteiger partial charge in [-0.25, -0.2) is 0 Å². The highest BCUT2D eigenvalue weighted by molar-refractivity contribution is 5.55. The fourth-order valence-electron chi connectivity index (χ4n) is 5.23. The molecule has 222 valence electrons. The summed E-state index contributed by atoms with van der Waals surface area (Å²) >= 11 is 0. The molecule has 42 heavy (non-hydrogen) atoms. The number of para-hydroxylation sites is 3. The Balaban J connectivity index is 1.83. The quantitative estimate of drug-likeness (QED) is 0.106. The third-order valence-electron chi connectivity index (χ3n) is 7.30. The maximum atomic E-state index is 10.3. The van der Waals surface area contributed by atoms with Gasteiger partial charge in [0.05, 0.1) is 0 Å². The van der Waals surface area contributed by atoms with Crippen LogP contribution in [0.2, 0.25) is 0 Å². The summed E-state index contributed by atoms with van der Waals surface area (Å²) in [5.41, 5.74) is 5.47. The second-order valence-corrected chi connectivity index (χ2v) is 9.67. The molecule has 4 aromatic carbocycles. The second kappa shape index (κ2) is 13.2. The van der Waals surface area contributed by atoms with E-state index in [4.69, 9.17) is 14.2 Å². The summed E-state index contributed by atoms with van der Waals surface area (Å²) in [5.74, 6) is -1.56. The largest absolute Gasteiger partial charge is 0.504 e. The van der Waals surface area contributed by atoms with Crippen LogP contribution in [0.15, 0.2) is 54.6 Å². The van der Waals surface area contributed by atoms with Crippen LogP contribution < -0.4 is 14.2 Å². The van der Waals surface area contributed by atoms with Crippen molar-refractivity contribution in [2.24, 2.45) is 0 Å². The van der Waals surface area contributed by atoms with Crippen molar-refractivity contribution in [1.29, 1.82) is 0 Å². The van der Waals surface area contributed by atoms with E-state index in [0.29, 0.717) is 19.3 Å². The number of phenols is 6. The predicted octanol–water partition coefficient (Wildman–Crippen LogP) is 6.34. The molecule has 4 aromatic rings. The zero-order chi connectivity index (χ0) is 30.4. The van der Waals surface area contributed by atoms with Crippen LogP contribution >= 0.6 is 0 Å². The molecular formula is C33H36O9. The van der Waals surface area contributed by atoms with Gasteiger partial charge in [0.2, 0.25) is 17.2 Å². The molecule has 9 heteroatoms. The number of ether oxygens (including phenoxy) is 3. The highest BCUT2D eigenvalue weighted by Gasteiger charge is 2.24. The maximum Gasteiger partial charge on any atom is 0.200 e. The molecule has 0 aliphatic rings. The van der Waals surface area contributed by atoms with Crippen LogP contribution in [-0.4, -0.2) is 30.6 Å². The molecule has 0 aliphatic carbocycles. The Morgan fingerprint density at radius 3 is 0.905 bits per heavy atom. The van der Waals surface area contributed by atoms with Gasteiger partial charge < -0.3 is 44.8 Å². The summed E-state index contributed by atoms with van der Waals surface area (Å²) < 4.78 is 18.1. The first-order valence-electron chi connectivity index (χ1n) is 13.8. The average Bonchev–Trinajstić information content (AvgIpc) is 2.98. The van der Waals surface area contributed by atoms with Gasteiger partial charge in [0, 0.05) is 0 Å². The lowest BCUT2D eigenvalue weighted by Gasteiger charge is -2.26. The molecule has 0 amide bonds. The van der Waals surface area contributed by atoms with Crippen molar-refractivity contribution in [3.63, 3.8) is 0 Å². The molecular weight excluding hydrogens is 540 g/mol. The van der Waals surface area contributed by atoms with Crippen LogP contribution in [0.5, 0.6) is 51.7 Å². The molecule has 0 heterocycles. The third-order valence-corrected chi connectivity index (χ3v) is 7.30. The fourth-order valence-corrected chi connectivity index (χ4v) is 5.23. The summed E-state index contributed by atoms with van der Waals surface area (Å²) in [7, 11) is 0. The van der Waals surface area contributed by atoms with Crippen LogP contribution in [0.25, 0.3) is 0 Å². The van der Waals surface area contributed by atoms with E-state index in [1.807, 2.05) is 20.8 Å². The van der Waals surface area contributed by atoms with E-state index in [1.165, 1.54) is 18.2 Å². The number of phenolic OH excluding ortho intramolecular Hbond substituents is 6. The Bertz CT molecular complexity index is 1360. The lowest BCUT2D eigenvalue weighted by atomic mass is 9.84. The Morgan fingerprint density at radius 2 is 0.667 bits per heavy atom. The van der Waals surface area contributed by atoms with Crippen molar-refractivity contribution in [1.82, 2.24) is 0 Å². The number of rotatable bonds is 12. The van der Waals surface area contributed by atoms with Crippen molar-refractivity contribution < 1.29 is 44.8 Å². The van der Waals surface area contributed by atoms with Crippen LogP contribution in [0.1, 0.15) is 54.2 Å². The van der Waals surface area contributed by atoms with Crippen molar-refractivity contribution in [2.45, 2.75) is 59.9 Å². The SMILES string of the molecule is CCc1c(COc2cccc(O)c2O)c(CC)c(COc2cccc(O)c2O)c(CC)c1COc1cccc(O)c1O. The van der Waals surface area contributed by atoms with E-state index in [0.717, 1.165) is 33.4 Å². The highest BCUT2D eigenvalue weighted by Crippen LogP contribution is 2.40. The van der Waals surface area contributed by atoms with Crippen LogP contribution in [0.3, 0.4) is 0 Å². The molecule has 0 saturated carbocycles. The van der Waals surface area contributed by atoms with Gasteiger partial charge in [-0.15, -0.1) is 0 Å². The monoisotopic (exact) mass is 576 g/mol. The molecule has 0 bridgehead atoms. The molecule has 4 rings (SSSR count). The van der Waals surface area contributed by atoms with Crippen molar-refractivity contribution >= 4 is 0 Å². The molecule has 9 nitrogen and oxygen atoms in total. The van der Waals surface area contributed by atoms with Gasteiger partial charge in [0.15, 0.2) is 34.5 Å². The summed E-state index contributed by atoms with van der Waals surface area (Å²) in [6, 6.07) is 13.5. The molecule has 0 aromatic heterocycles. The van der Waals surface area contributed by atoms with E-state index in [9.17, 15) is 30.6 Å². The van der Waals surface area contributed by atoms with E-state index in [1.54, 1.807) is 36.4 Å². The van der Waals surface area contributed by atoms with Gasteiger partial charge >= 0.3 is 0 Å². The molecule has 0 saturated heterocycles. The Labute approximate surface area is 244 Å². The minimum Gasteiger partial charge on any atom is -0.504 e. The number of aromatic hydroxyl groups is 6. The third kappa shape index (κ3) is 6.05. The van der Waals surface area contributed by atoms with Crippen LogP contribution in [-0.2, 0) is 39.1 Å². The van der Waals surface area contributed by atoms with Crippen molar-refractivity contribution in [3.8, 4) is 51.7 Å². The number of benzene rings is 4. The van der Waals surface area contributed by atoms with Gasteiger partial charge in [-0.3, -0.25) is 0 Å². The first kappa shape index (κ1) is 30.0. The summed E-state index contributed by atoms with van der Waals surface area (Å²) in [4.78, 5) is 0. The van der Waals surface area contributed by atoms with Gasteiger partial charge in [0.25, 0.3) is 0 Å². The lowest BCUT2D eigenvalue weighted by Crippen LogP contribution is -2.17. The number of hydrogen-bond acceptors (Lipinski definition) is 9. The van der Waals surface area contributed by atoms with Crippen LogP contribution in [0, 0.1) is 0 Å². The Kier molecular flexibility index (Phi) is 9.42. The van der Waals surface area contributed by atoms with Gasteiger partial charge in [-0.2, -0.15) is 0 Å². The second-order valence-electron chi connectivity index (χ2n) is 9.67. The smallest absolute Gasteiger partial charge is 0.200 e. The van der Waals surface area contributed by atoms with Gasteiger partial charge in [0.1, 0.15) is 19.8 Å². The van der Waals surface area contributed by atoms with E-state index in [-0.39, 0.29) is 71.6 Å². The summed E-state index contributed by atoms with van der Waals surface area (Å²) in [6.07, 6.45) is 1.84. The normalized spacial score (nSPS) is 10.9. The standard InChI is InChI=1S/C33H36O9/c1-4-19-22(16-40-28-13-7-10-25(34)31(28)37)20(5-2)24(18-42-30-15-9-12-27(36)33(30)39)21(6-3)23(19)17-41-29-14-8-11-26(35)32(29)38/h7-15,34-39H,4-6,16-18H2,1-3H3. The van der Waals surface area contributed by atoms with E-state index in [2.05, 4.69) is 0 Å². The Morgan fingerprint density at radius 1 is 0.405 bits per heavy atom. The Hall–Kier alpha value is -4.92. The zero-order valence-electron chi connectivity index (χ0n) is 23.8. The average molecular weight is 577 g/mol. The predicted molar refractivity (Wildman–Crippen MR) is 157 cm³/mol. The van der Waals surface area contributed by atoms with Crippen molar-refractivity contribution in [2.75, 3.05) is 0 Å². The minimum absolute atomic E-state index is 0.0715. The zero-order valence-corrected chi connectivity index (χ0v) is 23.8. The first-order valence-corrected chi connectivity index (χ1v) is 13.8. The molecule has 0 spiro atoms. The van der Waals surface area contributed by atoms with Gasteiger partial charge in [-0.05, 0) is 89.0 Å². The molecule has 0 aliphatic heterocycles. The fraction of sp³-hybridized carbons (Fsp3) is 0.273. The molecule has 0 atom stereocenters. The highest BCUT2D eigenvalue weighted by atomic mass is 16.5. The first-order chi connectivity index (χ1) is 20.2. The van der Waals surface area contributed by atoms with Crippen molar-refractivity contribution in [3.05, 3.63) is 88.0 Å². The summed E-state index contributed by atoms with van der Waals surface area (Å²) in [6.45, 7) is 6.26. The van der Waals surface area contributed by atoms with E-state index >= 15 is 0 Å². The number of hydrogen-bond donors (Lipinski definition) is 6. The molecule has 0 unspecified atom stereocenters. The lowest BCUT2D eigenvalue weighted by molar-refractivity contribution is 0.268. The maximum absolute atomic E-state index is 10.3. The van der Waals surface area contributed by atoms with Crippen LogP contribution in [0.4, 0.5) is 0 Å². The minimum atomic E-state index is -0.357. The molecule has 6 N–H and O–H groups in total. The topological polar surface area (TPSA) is 149 Å². The molecule has 0 radical (unpaired) electrons. The molecule has 0 fully saturated rings.